The highest BCUT2D eigenvalue weighted by Crippen LogP contribution is 2.34. The van der Waals surface area contributed by atoms with Crippen LogP contribution in [0, 0.1) is 31.6 Å². The molecule has 0 saturated heterocycles. The van der Waals surface area contributed by atoms with Gasteiger partial charge in [0.2, 0.25) is 10.0 Å². The van der Waals surface area contributed by atoms with Gasteiger partial charge >= 0.3 is 6.03 Å². The summed E-state index contributed by atoms with van der Waals surface area (Å²) >= 11 is 0. The van der Waals surface area contributed by atoms with Crippen molar-refractivity contribution in [1.29, 1.82) is 0 Å². The lowest BCUT2D eigenvalue weighted by Crippen LogP contribution is -2.50. The molecule has 2 heterocycles. The number of aliphatic hydroxyl groups is 1. The second-order valence-electron chi connectivity index (χ2n) is 9.95. The van der Waals surface area contributed by atoms with Gasteiger partial charge in [0.05, 0.1) is 19.7 Å². The summed E-state index contributed by atoms with van der Waals surface area (Å²) < 4.78 is 40.0. The van der Waals surface area contributed by atoms with Crippen LogP contribution in [0.15, 0.2) is 27.6 Å². The Kier molecular flexibility index (Phi) is 9.43. The maximum atomic E-state index is 13.6. The summed E-state index contributed by atoms with van der Waals surface area (Å²) in [7, 11) is 1.49. The molecule has 1 aliphatic heterocycles. The molecular weight excluding hydrogens is 510 g/mol. The minimum Gasteiger partial charge on any atom is -0.487 e. The van der Waals surface area contributed by atoms with E-state index in [4.69, 9.17) is 9.26 Å². The predicted octanol–water partition coefficient (Wildman–Crippen LogP) is 2.14. The van der Waals surface area contributed by atoms with Crippen LogP contribution in [-0.4, -0.2) is 98.3 Å². The smallest absolute Gasteiger partial charge is 0.321 e. The van der Waals surface area contributed by atoms with Crippen LogP contribution in [0.5, 0.6) is 5.75 Å². The Morgan fingerprint density at radius 2 is 2.03 bits per heavy atom. The van der Waals surface area contributed by atoms with Crippen molar-refractivity contribution in [2.75, 3.05) is 52.7 Å². The number of carbonyl (C=O) groups excluding carboxylic acids is 1. The first-order valence-corrected chi connectivity index (χ1v) is 13.8. The molecule has 2 amide bonds. The molecule has 0 aliphatic carbocycles. The predicted molar refractivity (Wildman–Crippen MR) is 144 cm³/mol. The van der Waals surface area contributed by atoms with E-state index in [0.717, 1.165) is 0 Å². The van der Waals surface area contributed by atoms with Crippen LogP contribution >= 0.6 is 0 Å². The Hall–Kier alpha value is -3.11. The first kappa shape index (κ1) is 29.4. The molecule has 1 aliphatic rings. The van der Waals surface area contributed by atoms with Gasteiger partial charge in [-0.2, -0.15) is 4.31 Å². The van der Waals surface area contributed by atoms with E-state index in [-0.39, 0.29) is 42.3 Å². The summed E-state index contributed by atoms with van der Waals surface area (Å²) in [6, 6.07) is 3.73. The molecule has 1 aromatic heterocycles. The van der Waals surface area contributed by atoms with Crippen LogP contribution in [0.3, 0.4) is 0 Å². The first-order chi connectivity index (χ1) is 17.8. The van der Waals surface area contributed by atoms with E-state index >= 15 is 0 Å². The van der Waals surface area contributed by atoms with Crippen LogP contribution < -0.4 is 10.1 Å². The quantitative estimate of drug-likeness (QED) is 0.527. The fraction of sp³-hybridized carbons (Fsp3) is 0.538. The van der Waals surface area contributed by atoms with Gasteiger partial charge in [-0.15, -0.1) is 0 Å². The highest BCUT2D eigenvalue weighted by Gasteiger charge is 2.38. The van der Waals surface area contributed by atoms with Crippen molar-refractivity contribution < 1.29 is 27.6 Å². The number of carbonyl (C=O) groups is 1. The van der Waals surface area contributed by atoms with Crippen LogP contribution in [-0.2, 0) is 10.0 Å². The molecule has 0 saturated carbocycles. The van der Waals surface area contributed by atoms with Crippen molar-refractivity contribution in [1.82, 2.24) is 19.3 Å². The lowest BCUT2D eigenvalue weighted by Gasteiger charge is -2.37. The van der Waals surface area contributed by atoms with E-state index in [1.54, 1.807) is 40.0 Å². The highest BCUT2D eigenvalue weighted by atomic mass is 32.2. The molecule has 3 rings (SSSR count). The zero-order valence-corrected chi connectivity index (χ0v) is 23.8. The maximum absolute atomic E-state index is 13.6. The van der Waals surface area contributed by atoms with Crippen molar-refractivity contribution in [3.63, 3.8) is 0 Å². The summed E-state index contributed by atoms with van der Waals surface area (Å²) in [4.78, 5) is 16.4. The number of sulfonamides is 1. The van der Waals surface area contributed by atoms with Crippen LogP contribution in [0.2, 0.25) is 0 Å². The van der Waals surface area contributed by atoms with Crippen LogP contribution in [0.4, 0.5) is 10.5 Å². The largest absolute Gasteiger partial charge is 0.487 e. The van der Waals surface area contributed by atoms with E-state index < -0.39 is 22.2 Å². The molecule has 12 heteroatoms. The number of amides is 2. The summed E-state index contributed by atoms with van der Waals surface area (Å²) in [5.41, 5.74) is 1.68. The molecular formula is C26H37N5O6S. The van der Waals surface area contributed by atoms with Crippen LogP contribution in [0.25, 0.3) is 0 Å². The number of rotatable bonds is 6. The van der Waals surface area contributed by atoms with Gasteiger partial charge in [0, 0.05) is 31.1 Å². The van der Waals surface area contributed by atoms with E-state index in [9.17, 15) is 18.3 Å². The maximum Gasteiger partial charge on any atom is 0.321 e. The van der Waals surface area contributed by atoms with Gasteiger partial charge in [0.15, 0.2) is 5.76 Å². The van der Waals surface area contributed by atoms with Gasteiger partial charge in [0.1, 0.15) is 28.1 Å². The molecule has 1 aromatic carbocycles. The fourth-order valence-corrected chi connectivity index (χ4v) is 5.86. The Labute approximate surface area is 224 Å². The number of benzene rings is 1. The number of hydrogen-bond donors (Lipinski definition) is 2. The van der Waals surface area contributed by atoms with Crippen LogP contribution in [0.1, 0.15) is 30.9 Å². The number of nitrogens with zero attached hydrogens (tertiary/aromatic N) is 4. The number of likely N-dealkylation sites (N-methyl/N-ethyl adjacent to an activating group) is 1. The number of fused-ring (bicyclic) bond motifs is 1. The second-order valence-corrected chi connectivity index (χ2v) is 11.8. The summed E-state index contributed by atoms with van der Waals surface area (Å²) in [6.45, 7) is 7.46. The Balaban J connectivity index is 1.96. The van der Waals surface area contributed by atoms with E-state index in [1.165, 1.54) is 15.3 Å². The lowest BCUT2D eigenvalue weighted by atomic mass is 10.0. The monoisotopic (exact) mass is 547 g/mol. The molecule has 11 nitrogen and oxygen atoms in total. The molecule has 0 unspecified atom stereocenters. The van der Waals surface area contributed by atoms with Gasteiger partial charge in [-0.1, -0.05) is 23.9 Å². The minimum absolute atomic E-state index is 0.00400. The molecule has 2 aromatic rings. The number of hydrogen-bond acceptors (Lipinski definition) is 8. The zero-order chi connectivity index (χ0) is 28.2. The topological polar surface area (TPSA) is 128 Å². The number of ether oxygens (including phenoxy) is 1. The van der Waals surface area contributed by atoms with Gasteiger partial charge < -0.3 is 24.6 Å². The number of nitrogens with one attached hydrogen (secondary N) is 1. The minimum atomic E-state index is -3.97. The molecule has 208 valence electrons. The van der Waals surface area contributed by atoms with Crippen molar-refractivity contribution in [2.45, 2.75) is 44.7 Å². The van der Waals surface area contributed by atoms with Crippen molar-refractivity contribution in [2.24, 2.45) is 5.92 Å². The third kappa shape index (κ3) is 6.66. The van der Waals surface area contributed by atoms with E-state index in [1.807, 2.05) is 25.9 Å². The number of anilines is 1. The number of aryl methyl sites for hydroxylation is 2. The molecule has 3 atom stereocenters. The highest BCUT2D eigenvalue weighted by molar-refractivity contribution is 7.89. The summed E-state index contributed by atoms with van der Waals surface area (Å²) in [6.07, 6.45) is -0.553. The number of aromatic nitrogens is 1. The Bertz CT molecular complexity index is 1290. The molecule has 2 N–H and O–H groups in total. The molecule has 0 radical (unpaired) electrons. The third-order valence-electron chi connectivity index (χ3n) is 6.36. The van der Waals surface area contributed by atoms with E-state index in [2.05, 4.69) is 22.3 Å². The second kappa shape index (κ2) is 12.2. The molecule has 0 bridgehead atoms. The van der Waals surface area contributed by atoms with Crippen molar-refractivity contribution in [3.8, 4) is 17.6 Å². The fourth-order valence-electron chi connectivity index (χ4n) is 4.04. The Morgan fingerprint density at radius 1 is 1.32 bits per heavy atom. The normalized spacial score (nSPS) is 19.8. The number of aliphatic hydroxyl groups excluding tert-OH is 1. The molecule has 0 spiro atoms. The van der Waals surface area contributed by atoms with Gasteiger partial charge in [-0.05, 0) is 53.1 Å². The summed E-state index contributed by atoms with van der Waals surface area (Å²) in [5, 5.41) is 16.5. The third-order valence-corrected chi connectivity index (χ3v) is 8.38. The van der Waals surface area contributed by atoms with E-state index in [0.29, 0.717) is 29.2 Å². The van der Waals surface area contributed by atoms with Gasteiger partial charge in [-0.25, -0.2) is 13.2 Å². The van der Waals surface area contributed by atoms with Gasteiger partial charge in [-0.3, -0.25) is 4.90 Å². The average Bonchev–Trinajstić information content (AvgIpc) is 3.17. The zero-order valence-electron chi connectivity index (χ0n) is 23.0. The molecule has 0 fully saturated rings. The van der Waals surface area contributed by atoms with Gasteiger partial charge in [0.25, 0.3) is 0 Å². The van der Waals surface area contributed by atoms with Crippen molar-refractivity contribution in [3.05, 3.63) is 35.2 Å². The Morgan fingerprint density at radius 3 is 2.63 bits per heavy atom. The standard InChI is InChI=1S/C26H37N5O6S/c1-17-14-31(18(2)16-32)38(34,35)24-11-10-21(9-8-12-29(5)6)13-22(24)36-23(17)15-30(7)26(33)27-25-19(3)28-37-20(25)4/h10-11,13,17-18,23,32H,12,14-16H2,1-7H3,(H,27,33)/t17-,18-,23-/m1/s1. The lowest BCUT2D eigenvalue weighted by molar-refractivity contribution is 0.0830. The summed E-state index contributed by atoms with van der Waals surface area (Å²) in [5.74, 6) is 6.43. The molecule has 38 heavy (non-hydrogen) atoms. The first-order valence-electron chi connectivity index (χ1n) is 12.4. The van der Waals surface area contributed by atoms with Crippen molar-refractivity contribution >= 4 is 21.7 Å². The number of urea groups is 1. The SMILES string of the molecule is Cc1noc(C)c1NC(=O)N(C)C[C@H]1Oc2cc(C#CCN(C)C)ccc2S(=O)(=O)N([C@H](C)CO)C[C@H]1C. The average molecular weight is 548 g/mol.